The second kappa shape index (κ2) is 8.53. The summed E-state index contributed by atoms with van der Waals surface area (Å²) in [7, 11) is 1.65. The van der Waals surface area contributed by atoms with Crippen molar-refractivity contribution in [3.8, 4) is 5.75 Å². The molecule has 0 radical (unpaired) electrons. The maximum atomic E-state index is 11.1. The molecule has 4 nitrogen and oxygen atoms in total. The lowest BCUT2D eigenvalue weighted by Gasteiger charge is -2.07. The van der Waals surface area contributed by atoms with Gasteiger partial charge in [-0.1, -0.05) is 19.1 Å². The summed E-state index contributed by atoms with van der Waals surface area (Å²) in [6, 6.07) is 7.88. The highest BCUT2D eigenvalue weighted by molar-refractivity contribution is 5.69. The van der Waals surface area contributed by atoms with Crippen molar-refractivity contribution >= 4 is 5.97 Å². The minimum absolute atomic E-state index is 0.124. The molecule has 4 heteroatoms. The van der Waals surface area contributed by atoms with Crippen LogP contribution in [0.3, 0.4) is 0 Å². The molecule has 0 aliphatic rings. The molecule has 0 atom stereocenters. The van der Waals surface area contributed by atoms with Crippen LogP contribution in [0.25, 0.3) is 0 Å². The third kappa shape index (κ3) is 5.68. The summed E-state index contributed by atoms with van der Waals surface area (Å²) in [5, 5.41) is 3.22. The van der Waals surface area contributed by atoms with Gasteiger partial charge >= 0.3 is 5.97 Å². The maximum Gasteiger partial charge on any atom is 0.305 e. The monoisotopic (exact) mass is 251 g/mol. The van der Waals surface area contributed by atoms with E-state index >= 15 is 0 Å². The van der Waals surface area contributed by atoms with E-state index in [0.29, 0.717) is 19.6 Å². The zero-order valence-corrected chi connectivity index (χ0v) is 11.1. The van der Waals surface area contributed by atoms with E-state index in [2.05, 4.69) is 5.32 Å². The van der Waals surface area contributed by atoms with Crippen molar-refractivity contribution in [3.63, 3.8) is 0 Å². The highest BCUT2D eigenvalue weighted by Crippen LogP contribution is 2.11. The third-order valence-electron chi connectivity index (χ3n) is 2.46. The van der Waals surface area contributed by atoms with Gasteiger partial charge in [0.05, 0.1) is 7.11 Å². The van der Waals surface area contributed by atoms with Crippen LogP contribution in [0.1, 0.15) is 25.3 Å². The molecule has 1 aromatic rings. The number of ether oxygens (including phenoxy) is 2. The molecule has 0 aliphatic carbocycles. The molecular formula is C14H21NO3. The van der Waals surface area contributed by atoms with Crippen molar-refractivity contribution in [2.24, 2.45) is 0 Å². The van der Waals surface area contributed by atoms with Gasteiger partial charge in [-0.05, 0) is 24.1 Å². The van der Waals surface area contributed by atoms with E-state index in [1.807, 2.05) is 31.2 Å². The fourth-order valence-corrected chi connectivity index (χ4v) is 1.53. The Hall–Kier alpha value is -1.55. The van der Waals surface area contributed by atoms with Gasteiger partial charge in [0.15, 0.2) is 0 Å². The van der Waals surface area contributed by atoms with Gasteiger partial charge < -0.3 is 14.8 Å². The van der Waals surface area contributed by atoms with E-state index < -0.39 is 0 Å². The van der Waals surface area contributed by atoms with Gasteiger partial charge in [-0.15, -0.1) is 0 Å². The van der Waals surface area contributed by atoms with E-state index in [9.17, 15) is 4.79 Å². The van der Waals surface area contributed by atoms with Crippen molar-refractivity contribution in [2.75, 3.05) is 20.3 Å². The van der Waals surface area contributed by atoms with E-state index in [1.165, 1.54) is 0 Å². The first-order valence-corrected chi connectivity index (χ1v) is 6.25. The summed E-state index contributed by atoms with van der Waals surface area (Å²) in [4.78, 5) is 11.1. The molecule has 0 aliphatic heterocycles. The van der Waals surface area contributed by atoms with Crippen molar-refractivity contribution < 1.29 is 14.3 Å². The lowest BCUT2D eigenvalue weighted by molar-refractivity contribution is -0.143. The van der Waals surface area contributed by atoms with Crippen molar-refractivity contribution in [2.45, 2.75) is 26.3 Å². The summed E-state index contributed by atoms with van der Waals surface area (Å²) in [5.74, 6) is 0.726. The Bertz CT molecular complexity index is 366. The van der Waals surface area contributed by atoms with Crippen LogP contribution in [-0.4, -0.2) is 26.2 Å². The van der Waals surface area contributed by atoms with Gasteiger partial charge in [0.2, 0.25) is 0 Å². The number of benzene rings is 1. The van der Waals surface area contributed by atoms with Gasteiger partial charge in [0.25, 0.3) is 0 Å². The molecule has 100 valence electrons. The van der Waals surface area contributed by atoms with E-state index in [-0.39, 0.29) is 5.97 Å². The van der Waals surface area contributed by atoms with Crippen LogP contribution >= 0.6 is 0 Å². The van der Waals surface area contributed by atoms with Crippen LogP contribution in [-0.2, 0) is 16.1 Å². The Morgan fingerprint density at radius 3 is 2.94 bits per heavy atom. The Morgan fingerprint density at radius 1 is 1.39 bits per heavy atom. The number of hydrogen-bond donors (Lipinski definition) is 1. The number of carbonyl (C=O) groups excluding carboxylic acids is 1. The summed E-state index contributed by atoms with van der Waals surface area (Å²) in [6.45, 7) is 3.78. The van der Waals surface area contributed by atoms with Crippen molar-refractivity contribution in [3.05, 3.63) is 29.8 Å². The smallest absolute Gasteiger partial charge is 0.305 e. The molecule has 0 saturated heterocycles. The van der Waals surface area contributed by atoms with Gasteiger partial charge in [-0.2, -0.15) is 0 Å². The Balaban J connectivity index is 2.15. The summed E-state index contributed by atoms with van der Waals surface area (Å²) in [5.41, 5.74) is 1.15. The number of carbonyl (C=O) groups is 1. The van der Waals surface area contributed by atoms with Crippen molar-refractivity contribution in [1.82, 2.24) is 5.32 Å². The molecule has 1 N–H and O–H groups in total. The molecule has 0 saturated carbocycles. The number of hydrogen-bond acceptors (Lipinski definition) is 4. The molecule has 0 amide bonds. The van der Waals surface area contributed by atoms with Crippen molar-refractivity contribution in [1.29, 1.82) is 0 Å². The lowest BCUT2D eigenvalue weighted by atomic mass is 10.2. The SMILES string of the molecule is CCCC(=O)OCCNCc1cccc(OC)c1. The highest BCUT2D eigenvalue weighted by atomic mass is 16.5. The fourth-order valence-electron chi connectivity index (χ4n) is 1.53. The van der Waals surface area contributed by atoms with Gasteiger partial charge in [-0.3, -0.25) is 4.79 Å². The largest absolute Gasteiger partial charge is 0.497 e. The summed E-state index contributed by atoms with van der Waals surface area (Å²) >= 11 is 0. The number of rotatable bonds is 8. The Kier molecular flexibility index (Phi) is 6.87. The number of esters is 1. The average Bonchev–Trinajstić information content (AvgIpc) is 2.39. The first kappa shape index (κ1) is 14.5. The number of nitrogens with one attached hydrogen (secondary N) is 1. The predicted octanol–water partition coefficient (Wildman–Crippen LogP) is 2.13. The third-order valence-corrected chi connectivity index (χ3v) is 2.46. The predicted molar refractivity (Wildman–Crippen MR) is 70.6 cm³/mol. The topological polar surface area (TPSA) is 47.6 Å². The Morgan fingerprint density at radius 2 is 2.22 bits per heavy atom. The average molecular weight is 251 g/mol. The highest BCUT2D eigenvalue weighted by Gasteiger charge is 2.00. The lowest BCUT2D eigenvalue weighted by Crippen LogP contribution is -2.20. The maximum absolute atomic E-state index is 11.1. The first-order valence-electron chi connectivity index (χ1n) is 6.25. The van der Waals surface area contributed by atoms with E-state index in [0.717, 1.165) is 24.3 Å². The van der Waals surface area contributed by atoms with Crippen LogP contribution in [0.15, 0.2) is 24.3 Å². The fraction of sp³-hybridized carbons (Fsp3) is 0.500. The quantitative estimate of drug-likeness (QED) is 0.568. The molecule has 1 aromatic carbocycles. The second-order valence-corrected chi connectivity index (χ2v) is 4.00. The molecule has 1 rings (SSSR count). The van der Waals surface area contributed by atoms with Gasteiger partial charge in [-0.25, -0.2) is 0 Å². The number of methoxy groups -OCH3 is 1. The van der Waals surface area contributed by atoms with E-state index in [1.54, 1.807) is 7.11 Å². The standard InChI is InChI=1S/C14H21NO3/c1-3-5-14(16)18-9-8-15-11-12-6-4-7-13(10-12)17-2/h4,6-7,10,15H,3,5,8-9,11H2,1-2H3. The van der Waals surface area contributed by atoms with Crippen LogP contribution < -0.4 is 10.1 Å². The molecule has 0 heterocycles. The van der Waals surface area contributed by atoms with Gasteiger partial charge in [0.1, 0.15) is 12.4 Å². The van der Waals surface area contributed by atoms with Crippen LogP contribution in [0.4, 0.5) is 0 Å². The minimum atomic E-state index is -0.124. The normalized spacial score (nSPS) is 10.1. The molecule has 0 unspecified atom stereocenters. The summed E-state index contributed by atoms with van der Waals surface area (Å²) < 4.78 is 10.2. The zero-order valence-electron chi connectivity index (χ0n) is 11.1. The molecule has 0 bridgehead atoms. The van der Waals surface area contributed by atoms with Crippen LogP contribution in [0.2, 0.25) is 0 Å². The minimum Gasteiger partial charge on any atom is -0.497 e. The van der Waals surface area contributed by atoms with Gasteiger partial charge in [0, 0.05) is 19.5 Å². The molecule has 18 heavy (non-hydrogen) atoms. The molecule has 0 aromatic heterocycles. The van der Waals surface area contributed by atoms with Crippen LogP contribution in [0.5, 0.6) is 5.75 Å². The second-order valence-electron chi connectivity index (χ2n) is 4.00. The molecular weight excluding hydrogens is 230 g/mol. The van der Waals surface area contributed by atoms with Crippen LogP contribution in [0, 0.1) is 0 Å². The molecule has 0 spiro atoms. The molecule has 0 fully saturated rings. The Labute approximate surface area is 108 Å². The van der Waals surface area contributed by atoms with E-state index in [4.69, 9.17) is 9.47 Å². The summed E-state index contributed by atoms with van der Waals surface area (Å²) in [6.07, 6.45) is 1.33. The first-order chi connectivity index (χ1) is 8.76. The zero-order chi connectivity index (χ0) is 13.2.